The van der Waals surface area contributed by atoms with Crippen molar-refractivity contribution in [1.29, 1.82) is 0 Å². The van der Waals surface area contributed by atoms with Gasteiger partial charge in [-0.1, -0.05) is 0 Å². The van der Waals surface area contributed by atoms with Crippen molar-refractivity contribution < 1.29 is 18.2 Å². The molecule has 0 saturated heterocycles. The van der Waals surface area contributed by atoms with E-state index in [1.54, 1.807) is 0 Å². The van der Waals surface area contributed by atoms with Crippen molar-refractivity contribution in [3.8, 4) is 0 Å². The van der Waals surface area contributed by atoms with Gasteiger partial charge in [-0.15, -0.1) is 0 Å². The molecule has 0 saturated carbocycles. The lowest BCUT2D eigenvalue weighted by molar-refractivity contribution is -0.415. The smallest absolute Gasteiger partial charge is 0.280 e. The maximum absolute atomic E-state index is 11.9. The zero-order chi connectivity index (χ0) is 16.8. The van der Waals surface area contributed by atoms with Gasteiger partial charge in [0.2, 0.25) is 10.0 Å². The Kier molecular flexibility index (Phi) is 6.16. The average Bonchev–Trinajstić information content (AvgIpc) is 2.47. The lowest BCUT2D eigenvalue weighted by atomic mass is 10.3. The van der Waals surface area contributed by atoms with Gasteiger partial charge in [-0.05, 0) is 24.3 Å². The third-order valence-electron chi connectivity index (χ3n) is 2.50. The number of hydroxylamine groups is 1. The molecule has 0 bridgehead atoms. The molecule has 0 heterocycles. The van der Waals surface area contributed by atoms with Crippen molar-refractivity contribution in [2.24, 2.45) is 4.99 Å². The molecular formula is C12H16N4O5S. The van der Waals surface area contributed by atoms with E-state index in [0.29, 0.717) is 5.69 Å². The normalized spacial score (nSPS) is 12.8. The monoisotopic (exact) mass is 328 g/mol. The highest BCUT2D eigenvalue weighted by molar-refractivity contribution is 7.89. The van der Waals surface area contributed by atoms with Crippen molar-refractivity contribution in [2.45, 2.75) is 4.90 Å². The minimum atomic E-state index is -3.52. The largest absolute Gasteiger partial charge is 0.305 e. The lowest BCUT2D eigenvalue weighted by Crippen LogP contribution is -2.21. The number of nitro groups is 1. The molecule has 1 rings (SSSR count). The predicted molar refractivity (Wildman–Crippen MR) is 80.7 cm³/mol. The molecule has 0 aromatic heterocycles. The van der Waals surface area contributed by atoms with E-state index < -0.39 is 14.9 Å². The number of allylic oxidation sites excluding steroid dienone is 1. The molecule has 0 amide bonds. The van der Waals surface area contributed by atoms with Crippen LogP contribution in [0, 0.1) is 10.1 Å². The molecule has 9 nitrogen and oxygen atoms in total. The van der Waals surface area contributed by atoms with Crippen molar-refractivity contribution in [1.82, 2.24) is 9.79 Å². The molecular weight excluding hydrogens is 312 g/mol. The molecule has 0 aliphatic heterocycles. The second-order valence-electron chi connectivity index (χ2n) is 4.19. The highest BCUT2D eigenvalue weighted by atomic mass is 32.2. The Balaban J connectivity index is 2.97. The first-order valence-electron chi connectivity index (χ1n) is 5.98. The third kappa shape index (κ3) is 4.62. The van der Waals surface area contributed by atoms with Crippen LogP contribution in [0.5, 0.6) is 0 Å². The minimum absolute atomic E-state index is 0.113. The number of aliphatic imine (C=N–C) groups is 1. The molecule has 0 aliphatic carbocycles. The van der Waals surface area contributed by atoms with E-state index >= 15 is 0 Å². The first kappa shape index (κ1) is 17.8. The fraction of sp³-hybridized carbons (Fsp3) is 0.250. The van der Waals surface area contributed by atoms with Gasteiger partial charge in [0.1, 0.15) is 12.4 Å². The first-order valence-corrected chi connectivity index (χ1v) is 7.42. The standard InChI is InChI=1S/C12H16N4O5S/c1-15(2)22(19,20)12-6-4-10(5-7-12)13-8-11(16(17)18)9-14-21-3/h4-9,14H,1-3H3/b11-9+,13-8?. The van der Waals surface area contributed by atoms with Crippen molar-refractivity contribution in [2.75, 3.05) is 21.2 Å². The van der Waals surface area contributed by atoms with E-state index in [2.05, 4.69) is 15.3 Å². The highest BCUT2D eigenvalue weighted by Gasteiger charge is 2.16. The van der Waals surface area contributed by atoms with Gasteiger partial charge >= 0.3 is 5.70 Å². The maximum Gasteiger partial charge on any atom is 0.305 e. The van der Waals surface area contributed by atoms with Gasteiger partial charge in [0.25, 0.3) is 0 Å². The Labute approximate surface area is 128 Å². The van der Waals surface area contributed by atoms with E-state index in [-0.39, 0.29) is 10.6 Å². The Morgan fingerprint density at radius 1 is 1.36 bits per heavy atom. The van der Waals surface area contributed by atoms with Crippen LogP contribution in [0.3, 0.4) is 0 Å². The molecule has 0 radical (unpaired) electrons. The Hall–Kier alpha value is -2.30. The van der Waals surface area contributed by atoms with Crippen LogP contribution < -0.4 is 5.48 Å². The summed E-state index contributed by atoms with van der Waals surface area (Å²) in [6.07, 6.45) is 2.07. The summed E-state index contributed by atoms with van der Waals surface area (Å²) >= 11 is 0. The van der Waals surface area contributed by atoms with E-state index in [1.807, 2.05) is 0 Å². The van der Waals surface area contributed by atoms with E-state index in [0.717, 1.165) is 16.7 Å². The van der Waals surface area contributed by atoms with Gasteiger partial charge in [0.15, 0.2) is 0 Å². The topological polar surface area (TPSA) is 114 Å². The summed E-state index contributed by atoms with van der Waals surface area (Å²) < 4.78 is 24.9. The van der Waals surface area contributed by atoms with Gasteiger partial charge in [0.05, 0.1) is 22.6 Å². The zero-order valence-electron chi connectivity index (χ0n) is 12.3. The summed E-state index contributed by atoms with van der Waals surface area (Å²) in [6, 6.07) is 5.66. The number of benzene rings is 1. The molecule has 120 valence electrons. The Morgan fingerprint density at radius 2 is 1.95 bits per heavy atom. The summed E-state index contributed by atoms with van der Waals surface area (Å²) in [7, 11) is 0.657. The molecule has 0 spiro atoms. The number of rotatable bonds is 7. The Morgan fingerprint density at radius 3 is 2.41 bits per heavy atom. The fourth-order valence-corrected chi connectivity index (χ4v) is 2.21. The number of nitrogens with zero attached hydrogens (tertiary/aromatic N) is 3. The highest BCUT2D eigenvalue weighted by Crippen LogP contribution is 2.18. The maximum atomic E-state index is 11.9. The van der Waals surface area contributed by atoms with Gasteiger partial charge in [0, 0.05) is 14.1 Å². The first-order chi connectivity index (χ1) is 10.3. The summed E-state index contributed by atoms with van der Waals surface area (Å²) in [6.45, 7) is 0. The summed E-state index contributed by atoms with van der Waals surface area (Å²) in [4.78, 5) is 18.6. The number of hydrogen-bond acceptors (Lipinski definition) is 7. The van der Waals surface area contributed by atoms with Crippen molar-refractivity contribution >= 4 is 21.9 Å². The summed E-state index contributed by atoms with van der Waals surface area (Å²) in [5.74, 6) is 0. The number of nitrogens with one attached hydrogen (secondary N) is 1. The summed E-state index contributed by atoms with van der Waals surface area (Å²) in [5.41, 5.74) is 2.29. The average molecular weight is 328 g/mol. The van der Waals surface area contributed by atoms with Crippen LogP contribution in [-0.2, 0) is 14.9 Å². The van der Waals surface area contributed by atoms with Gasteiger partial charge in [-0.3, -0.25) is 20.4 Å². The fourth-order valence-electron chi connectivity index (χ4n) is 1.31. The van der Waals surface area contributed by atoms with Gasteiger partial charge in [-0.2, -0.15) is 0 Å². The van der Waals surface area contributed by atoms with E-state index in [1.165, 1.54) is 45.5 Å². The molecule has 1 aromatic rings. The van der Waals surface area contributed by atoms with Gasteiger partial charge < -0.3 is 0 Å². The minimum Gasteiger partial charge on any atom is -0.280 e. The lowest BCUT2D eigenvalue weighted by Gasteiger charge is -2.10. The van der Waals surface area contributed by atoms with Crippen molar-refractivity contribution in [3.05, 3.63) is 46.3 Å². The molecule has 0 atom stereocenters. The molecule has 10 heteroatoms. The molecule has 0 unspecified atom stereocenters. The molecule has 0 fully saturated rings. The second-order valence-corrected chi connectivity index (χ2v) is 6.34. The predicted octanol–water partition coefficient (Wildman–Crippen LogP) is 0.908. The molecule has 22 heavy (non-hydrogen) atoms. The SMILES string of the molecule is CON/C=C(\C=Nc1ccc(S(=O)(=O)N(C)C)cc1)[N+](=O)[O-]. The van der Waals surface area contributed by atoms with Crippen LogP contribution in [-0.4, -0.2) is 45.1 Å². The van der Waals surface area contributed by atoms with Crippen LogP contribution in [0.2, 0.25) is 0 Å². The van der Waals surface area contributed by atoms with Crippen LogP contribution >= 0.6 is 0 Å². The molecule has 0 aliphatic rings. The zero-order valence-corrected chi connectivity index (χ0v) is 13.1. The van der Waals surface area contributed by atoms with Gasteiger partial charge in [-0.25, -0.2) is 17.7 Å². The van der Waals surface area contributed by atoms with Crippen LogP contribution in [0.4, 0.5) is 5.69 Å². The van der Waals surface area contributed by atoms with Crippen molar-refractivity contribution in [3.63, 3.8) is 0 Å². The van der Waals surface area contributed by atoms with E-state index in [4.69, 9.17) is 0 Å². The van der Waals surface area contributed by atoms with Crippen LogP contribution in [0.25, 0.3) is 0 Å². The number of hydrogen-bond donors (Lipinski definition) is 1. The molecule has 1 aromatic carbocycles. The number of sulfonamides is 1. The van der Waals surface area contributed by atoms with Crippen LogP contribution in [0.15, 0.2) is 46.1 Å². The Bertz CT molecular complexity index is 680. The van der Waals surface area contributed by atoms with Crippen LogP contribution in [0.1, 0.15) is 0 Å². The summed E-state index contributed by atoms with van der Waals surface area (Å²) in [5, 5.41) is 10.8. The van der Waals surface area contributed by atoms with E-state index in [9.17, 15) is 18.5 Å². The third-order valence-corrected chi connectivity index (χ3v) is 4.33. The quantitative estimate of drug-likeness (QED) is 0.452. The molecule has 1 N–H and O–H groups in total. The second kappa shape index (κ2) is 7.64.